The predicted octanol–water partition coefficient (Wildman–Crippen LogP) is 2.79. The van der Waals surface area contributed by atoms with Crippen LogP contribution in [-0.4, -0.2) is 41.1 Å². The minimum absolute atomic E-state index is 0.00694. The smallest absolute Gasteiger partial charge is 0.235 e. The molecule has 2 amide bonds. The Balaban J connectivity index is 1.55. The average molecular weight is 352 g/mol. The molecule has 1 saturated carbocycles. The molecule has 2 aliphatic rings. The second kappa shape index (κ2) is 7.11. The maximum absolute atomic E-state index is 12.7. The van der Waals surface area contributed by atoms with Crippen LogP contribution < -0.4 is 4.74 Å². The van der Waals surface area contributed by atoms with Crippen LogP contribution in [0.5, 0.6) is 5.75 Å². The summed E-state index contributed by atoms with van der Waals surface area (Å²) in [6, 6.07) is 6.81. The zero-order valence-corrected chi connectivity index (χ0v) is 14.3. The highest BCUT2D eigenvalue weighted by molar-refractivity contribution is 6.30. The van der Waals surface area contributed by atoms with E-state index in [1.165, 1.54) is 4.90 Å². The van der Waals surface area contributed by atoms with E-state index in [1.54, 1.807) is 24.3 Å². The van der Waals surface area contributed by atoms with Gasteiger partial charge >= 0.3 is 0 Å². The molecule has 0 radical (unpaired) electrons. The Bertz CT molecular complexity index is 610. The number of carbonyl (C=O) groups is 2. The summed E-state index contributed by atoms with van der Waals surface area (Å²) in [5.41, 5.74) is -0.508. The second-order valence-corrected chi connectivity index (χ2v) is 7.18. The summed E-state index contributed by atoms with van der Waals surface area (Å²) < 4.78 is 5.48. The Kier molecular flexibility index (Phi) is 5.11. The number of likely N-dealkylation sites (tertiary alicyclic amines) is 1. The van der Waals surface area contributed by atoms with Crippen LogP contribution in [0.4, 0.5) is 0 Å². The van der Waals surface area contributed by atoms with Crippen LogP contribution in [-0.2, 0) is 9.59 Å². The van der Waals surface area contributed by atoms with E-state index in [-0.39, 0.29) is 31.4 Å². The minimum atomic E-state index is -0.910. The van der Waals surface area contributed by atoms with Gasteiger partial charge in [0.2, 0.25) is 11.8 Å². The summed E-state index contributed by atoms with van der Waals surface area (Å²) in [7, 11) is 0. The lowest BCUT2D eigenvalue weighted by atomic mass is 9.73. The number of hydrogen-bond acceptors (Lipinski definition) is 4. The Morgan fingerprint density at radius 2 is 1.83 bits per heavy atom. The molecule has 1 aromatic rings. The fourth-order valence-corrected chi connectivity index (χ4v) is 3.78. The highest BCUT2D eigenvalue weighted by Gasteiger charge is 2.51. The van der Waals surface area contributed by atoms with Gasteiger partial charge in [0, 0.05) is 11.4 Å². The number of hydrogen-bond donors (Lipinski definition) is 1. The van der Waals surface area contributed by atoms with Crippen LogP contribution in [0, 0.1) is 5.41 Å². The fourth-order valence-electron chi connectivity index (χ4n) is 3.65. The molecule has 1 N–H and O–H groups in total. The van der Waals surface area contributed by atoms with E-state index in [0.29, 0.717) is 10.8 Å². The van der Waals surface area contributed by atoms with Crippen molar-refractivity contribution >= 4 is 23.4 Å². The van der Waals surface area contributed by atoms with Gasteiger partial charge in [-0.05, 0) is 37.1 Å². The third kappa shape index (κ3) is 3.57. The lowest BCUT2D eigenvalue weighted by Gasteiger charge is -2.30. The monoisotopic (exact) mass is 351 g/mol. The van der Waals surface area contributed by atoms with Crippen LogP contribution in [0.25, 0.3) is 0 Å². The van der Waals surface area contributed by atoms with E-state index in [1.807, 2.05) is 0 Å². The molecule has 1 saturated heterocycles. The summed E-state index contributed by atoms with van der Waals surface area (Å²) in [6.07, 6.45) is 4.06. The number of halogens is 1. The first-order valence-electron chi connectivity index (χ1n) is 8.41. The van der Waals surface area contributed by atoms with Crippen molar-refractivity contribution in [2.45, 2.75) is 44.6 Å². The molecule has 1 heterocycles. The van der Waals surface area contributed by atoms with Crippen molar-refractivity contribution in [2.24, 2.45) is 5.41 Å². The normalized spacial score (nSPS) is 21.3. The largest absolute Gasteiger partial charge is 0.491 e. The molecule has 1 unspecified atom stereocenters. The Morgan fingerprint density at radius 3 is 2.50 bits per heavy atom. The molecule has 5 nitrogen and oxygen atoms in total. The van der Waals surface area contributed by atoms with Crippen molar-refractivity contribution in [3.63, 3.8) is 0 Å². The first-order valence-corrected chi connectivity index (χ1v) is 8.79. The molecule has 1 atom stereocenters. The number of amides is 2. The summed E-state index contributed by atoms with van der Waals surface area (Å²) in [5, 5.41) is 10.8. The van der Waals surface area contributed by atoms with Crippen molar-refractivity contribution in [1.82, 2.24) is 4.90 Å². The Labute approximate surface area is 146 Å². The summed E-state index contributed by atoms with van der Waals surface area (Å²) in [5.74, 6) is 0.298. The zero-order chi connectivity index (χ0) is 17.2. The fraction of sp³-hybridized carbons (Fsp3) is 0.556. The molecule has 3 rings (SSSR count). The molecule has 1 aromatic carbocycles. The quantitative estimate of drug-likeness (QED) is 0.828. The van der Waals surface area contributed by atoms with E-state index in [4.69, 9.17) is 16.3 Å². The lowest BCUT2D eigenvalue weighted by molar-refractivity contribution is -0.144. The molecule has 6 heteroatoms. The molecule has 130 valence electrons. The van der Waals surface area contributed by atoms with Gasteiger partial charge in [0.25, 0.3) is 0 Å². The SMILES string of the molecule is O=C1CC2(CCCCC2)C(=O)N1CC(O)COc1ccc(Cl)cc1. The zero-order valence-electron chi connectivity index (χ0n) is 13.5. The molecule has 0 bridgehead atoms. The van der Waals surface area contributed by atoms with Crippen molar-refractivity contribution in [1.29, 1.82) is 0 Å². The first kappa shape index (κ1) is 17.2. The molecule has 1 aliphatic carbocycles. The second-order valence-electron chi connectivity index (χ2n) is 6.75. The number of benzene rings is 1. The summed E-state index contributed by atoms with van der Waals surface area (Å²) in [4.78, 5) is 26.1. The predicted molar refractivity (Wildman–Crippen MR) is 89.8 cm³/mol. The molecule has 24 heavy (non-hydrogen) atoms. The van der Waals surface area contributed by atoms with Gasteiger partial charge in [-0.2, -0.15) is 0 Å². The van der Waals surface area contributed by atoms with Crippen molar-refractivity contribution < 1.29 is 19.4 Å². The van der Waals surface area contributed by atoms with Crippen LogP contribution in [0.1, 0.15) is 38.5 Å². The number of aliphatic hydroxyl groups is 1. The average Bonchev–Trinajstić information content (AvgIpc) is 2.79. The van der Waals surface area contributed by atoms with E-state index in [0.717, 1.165) is 32.1 Å². The minimum Gasteiger partial charge on any atom is -0.491 e. The van der Waals surface area contributed by atoms with Crippen molar-refractivity contribution in [2.75, 3.05) is 13.2 Å². The molecule has 0 aromatic heterocycles. The molecule has 2 fully saturated rings. The molecular formula is C18H22ClNO4. The summed E-state index contributed by atoms with van der Waals surface area (Å²) in [6.45, 7) is 0.0126. The highest BCUT2D eigenvalue weighted by Crippen LogP contribution is 2.45. The number of nitrogens with zero attached hydrogens (tertiary/aromatic N) is 1. The third-order valence-electron chi connectivity index (χ3n) is 4.95. The van der Waals surface area contributed by atoms with Gasteiger partial charge in [-0.3, -0.25) is 14.5 Å². The van der Waals surface area contributed by atoms with E-state index < -0.39 is 11.5 Å². The van der Waals surface area contributed by atoms with Gasteiger partial charge in [0.15, 0.2) is 0 Å². The van der Waals surface area contributed by atoms with Crippen molar-refractivity contribution in [3.8, 4) is 5.75 Å². The van der Waals surface area contributed by atoms with Gasteiger partial charge in [0.05, 0.1) is 12.0 Å². The maximum atomic E-state index is 12.7. The molecular weight excluding hydrogens is 330 g/mol. The lowest BCUT2D eigenvalue weighted by Crippen LogP contribution is -2.42. The van der Waals surface area contributed by atoms with E-state index in [9.17, 15) is 14.7 Å². The number of rotatable bonds is 5. The number of β-amino-alcohol motifs (C(OH)–C–C–N with tert-alkyl or cyclic N) is 1. The van der Waals surface area contributed by atoms with Crippen LogP contribution in [0.15, 0.2) is 24.3 Å². The van der Waals surface area contributed by atoms with Crippen LogP contribution >= 0.6 is 11.6 Å². The van der Waals surface area contributed by atoms with E-state index in [2.05, 4.69) is 0 Å². The number of imide groups is 1. The topological polar surface area (TPSA) is 66.8 Å². The Morgan fingerprint density at radius 1 is 1.17 bits per heavy atom. The molecule has 1 aliphatic heterocycles. The van der Waals surface area contributed by atoms with Gasteiger partial charge in [-0.1, -0.05) is 30.9 Å². The Hall–Kier alpha value is -1.59. The molecule has 1 spiro atoms. The standard InChI is InChI=1S/C18H22ClNO4/c19-13-4-6-15(7-5-13)24-12-14(21)11-20-16(22)10-18(17(20)23)8-2-1-3-9-18/h4-7,14,21H,1-3,8-12H2. The van der Waals surface area contributed by atoms with Gasteiger partial charge < -0.3 is 9.84 Å². The van der Waals surface area contributed by atoms with Gasteiger partial charge in [0.1, 0.15) is 18.5 Å². The van der Waals surface area contributed by atoms with Crippen LogP contribution in [0.3, 0.4) is 0 Å². The van der Waals surface area contributed by atoms with E-state index >= 15 is 0 Å². The number of carbonyl (C=O) groups excluding carboxylic acids is 2. The number of aliphatic hydroxyl groups excluding tert-OH is 1. The van der Waals surface area contributed by atoms with Crippen molar-refractivity contribution in [3.05, 3.63) is 29.3 Å². The number of ether oxygens (including phenoxy) is 1. The highest BCUT2D eigenvalue weighted by atomic mass is 35.5. The van der Waals surface area contributed by atoms with Crippen LogP contribution in [0.2, 0.25) is 5.02 Å². The maximum Gasteiger partial charge on any atom is 0.235 e. The first-order chi connectivity index (χ1) is 11.5. The van der Waals surface area contributed by atoms with Gasteiger partial charge in [-0.15, -0.1) is 0 Å². The summed E-state index contributed by atoms with van der Waals surface area (Å²) >= 11 is 5.80. The van der Waals surface area contributed by atoms with Gasteiger partial charge in [-0.25, -0.2) is 0 Å². The third-order valence-corrected chi connectivity index (χ3v) is 5.20.